The van der Waals surface area contributed by atoms with Gasteiger partial charge in [-0.3, -0.25) is 4.90 Å². The van der Waals surface area contributed by atoms with Crippen molar-refractivity contribution in [2.45, 2.75) is 45.2 Å². The molecule has 14 heavy (non-hydrogen) atoms. The lowest BCUT2D eigenvalue weighted by Gasteiger charge is -2.24. The number of amides is 2. The van der Waals surface area contributed by atoms with Crippen molar-refractivity contribution in [2.75, 3.05) is 14.1 Å². The molecular weight excluding hydrogens is 178 g/mol. The Morgan fingerprint density at radius 1 is 1.36 bits per heavy atom. The lowest BCUT2D eigenvalue weighted by atomic mass is 10.1. The summed E-state index contributed by atoms with van der Waals surface area (Å²) in [5.41, 5.74) is 5.08. The summed E-state index contributed by atoms with van der Waals surface area (Å²) in [5.74, 6) is 0. The average Bonchev–Trinajstić information content (AvgIpc) is 2.09. The predicted octanol–water partition coefficient (Wildman–Crippen LogP) is 1.51. The van der Waals surface area contributed by atoms with E-state index in [-0.39, 0.29) is 6.17 Å². The fourth-order valence-electron chi connectivity index (χ4n) is 1.39. The molecule has 3 N–H and O–H groups in total. The van der Waals surface area contributed by atoms with E-state index in [9.17, 15) is 4.79 Å². The Labute approximate surface area is 86.8 Å². The van der Waals surface area contributed by atoms with Crippen LogP contribution in [0.4, 0.5) is 4.79 Å². The summed E-state index contributed by atoms with van der Waals surface area (Å²) < 4.78 is 0. The van der Waals surface area contributed by atoms with Gasteiger partial charge in [0.25, 0.3) is 0 Å². The van der Waals surface area contributed by atoms with Crippen LogP contribution in [-0.4, -0.2) is 31.2 Å². The summed E-state index contributed by atoms with van der Waals surface area (Å²) in [7, 11) is 3.89. The SMILES string of the molecule is CCCCCCC(NC(N)=O)N(C)C. The molecule has 0 aromatic heterocycles. The van der Waals surface area contributed by atoms with Gasteiger partial charge in [-0.25, -0.2) is 4.79 Å². The number of urea groups is 1. The van der Waals surface area contributed by atoms with Gasteiger partial charge in [-0.2, -0.15) is 0 Å². The Hall–Kier alpha value is -0.770. The van der Waals surface area contributed by atoms with Crippen molar-refractivity contribution in [3.8, 4) is 0 Å². The minimum Gasteiger partial charge on any atom is -0.352 e. The van der Waals surface area contributed by atoms with Gasteiger partial charge in [0.1, 0.15) is 0 Å². The minimum absolute atomic E-state index is 0.0735. The number of nitrogens with zero attached hydrogens (tertiary/aromatic N) is 1. The summed E-state index contributed by atoms with van der Waals surface area (Å²) in [5, 5.41) is 2.72. The second kappa shape index (κ2) is 7.62. The minimum atomic E-state index is -0.445. The number of hydrogen-bond donors (Lipinski definition) is 2. The van der Waals surface area contributed by atoms with E-state index in [0.717, 1.165) is 12.8 Å². The molecule has 0 aliphatic carbocycles. The first-order chi connectivity index (χ1) is 6.57. The van der Waals surface area contributed by atoms with Crippen LogP contribution >= 0.6 is 0 Å². The molecule has 0 saturated heterocycles. The van der Waals surface area contributed by atoms with Crippen molar-refractivity contribution in [3.63, 3.8) is 0 Å². The van der Waals surface area contributed by atoms with Crippen LogP contribution in [0, 0.1) is 0 Å². The molecule has 0 rings (SSSR count). The van der Waals surface area contributed by atoms with Crippen molar-refractivity contribution in [2.24, 2.45) is 5.73 Å². The Kier molecular flexibility index (Phi) is 7.20. The molecule has 4 heteroatoms. The van der Waals surface area contributed by atoms with Gasteiger partial charge in [-0.05, 0) is 20.5 Å². The molecule has 4 nitrogen and oxygen atoms in total. The van der Waals surface area contributed by atoms with Crippen molar-refractivity contribution in [1.82, 2.24) is 10.2 Å². The molecule has 0 aliphatic heterocycles. The maximum Gasteiger partial charge on any atom is 0.313 e. The van der Waals surface area contributed by atoms with Gasteiger partial charge < -0.3 is 11.1 Å². The predicted molar refractivity (Wildman–Crippen MR) is 59.0 cm³/mol. The fourth-order valence-corrected chi connectivity index (χ4v) is 1.39. The van der Waals surface area contributed by atoms with Crippen LogP contribution in [0.25, 0.3) is 0 Å². The molecular formula is C10H23N3O. The Morgan fingerprint density at radius 3 is 2.43 bits per heavy atom. The van der Waals surface area contributed by atoms with Crippen molar-refractivity contribution >= 4 is 6.03 Å². The molecule has 1 unspecified atom stereocenters. The van der Waals surface area contributed by atoms with Crippen molar-refractivity contribution < 1.29 is 4.79 Å². The molecule has 84 valence electrons. The topological polar surface area (TPSA) is 58.4 Å². The van der Waals surface area contributed by atoms with E-state index < -0.39 is 6.03 Å². The van der Waals surface area contributed by atoms with Crippen LogP contribution < -0.4 is 11.1 Å². The summed E-state index contributed by atoms with van der Waals surface area (Å²) >= 11 is 0. The van der Waals surface area contributed by atoms with Gasteiger partial charge >= 0.3 is 6.03 Å². The molecule has 1 atom stereocenters. The van der Waals surface area contributed by atoms with Gasteiger partial charge in [0.05, 0.1) is 6.17 Å². The smallest absolute Gasteiger partial charge is 0.313 e. The first-order valence-corrected chi connectivity index (χ1v) is 5.30. The lowest BCUT2D eigenvalue weighted by molar-refractivity contribution is 0.209. The molecule has 0 saturated carbocycles. The number of nitrogens with one attached hydrogen (secondary N) is 1. The third kappa shape index (κ3) is 6.71. The zero-order valence-electron chi connectivity index (χ0n) is 9.55. The lowest BCUT2D eigenvalue weighted by Crippen LogP contribution is -2.46. The third-order valence-electron chi connectivity index (χ3n) is 2.26. The Bertz CT molecular complexity index is 159. The molecule has 0 aliphatic rings. The number of hydrogen-bond acceptors (Lipinski definition) is 2. The van der Waals surface area contributed by atoms with E-state index >= 15 is 0 Å². The van der Waals surface area contributed by atoms with E-state index in [1.54, 1.807) is 0 Å². The Morgan fingerprint density at radius 2 is 2.00 bits per heavy atom. The quantitative estimate of drug-likeness (QED) is 0.484. The van der Waals surface area contributed by atoms with E-state index in [2.05, 4.69) is 12.2 Å². The van der Waals surface area contributed by atoms with Gasteiger partial charge in [-0.15, -0.1) is 0 Å². The highest BCUT2D eigenvalue weighted by Crippen LogP contribution is 2.06. The normalized spacial score (nSPS) is 12.9. The largest absolute Gasteiger partial charge is 0.352 e. The van der Waals surface area contributed by atoms with Crippen LogP contribution in [0.2, 0.25) is 0 Å². The molecule has 2 amide bonds. The highest BCUT2D eigenvalue weighted by Gasteiger charge is 2.11. The molecule has 0 fully saturated rings. The monoisotopic (exact) mass is 201 g/mol. The number of unbranched alkanes of at least 4 members (excludes halogenated alkanes) is 3. The van der Waals surface area contributed by atoms with Crippen LogP contribution in [0.15, 0.2) is 0 Å². The van der Waals surface area contributed by atoms with E-state index in [1.165, 1.54) is 19.3 Å². The average molecular weight is 201 g/mol. The second-order valence-corrected chi connectivity index (χ2v) is 3.84. The highest BCUT2D eigenvalue weighted by atomic mass is 16.2. The first-order valence-electron chi connectivity index (χ1n) is 5.30. The number of carbonyl (C=O) groups is 1. The zero-order valence-corrected chi connectivity index (χ0v) is 9.55. The molecule has 0 bridgehead atoms. The second-order valence-electron chi connectivity index (χ2n) is 3.84. The zero-order chi connectivity index (χ0) is 11.0. The summed E-state index contributed by atoms with van der Waals surface area (Å²) in [6.45, 7) is 2.19. The van der Waals surface area contributed by atoms with Crippen LogP contribution in [0.5, 0.6) is 0 Å². The summed E-state index contributed by atoms with van der Waals surface area (Å²) in [6, 6.07) is -0.445. The van der Waals surface area contributed by atoms with Gasteiger partial charge in [0, 0.05) is 0 Å². The molecule has 0 radical (unpaired) electrons. The standard InChI is InChI=1S/C10H23N3O/c1-4-5-6-7-8-9(13(2)3)12-10(11)14/h9H,4-8H2,1-3H3,(H3,11,12,14). The van der Waals surface area contributed by atoms with Crippen molar-refractivity contribution in [3.05, 3.63) is 0 Å². The molecule has 0 aromatic carbocycles. The van der Waals surface area contributed by atoms with Crippen LogP contribution in [0.3, 0.4) is 0 Å². The maximum absolute atomic E-state index is 10.7. The number of nitrogens with two attached hydrogens (primary N) is 1. The van der Waals surface area contributed by atoms with Crippen molar-refractivity contribution in [1.29, 1.82) is 0 Å². The fraction of sp³-hybridized carbons (Fsp3) is 0.900. The third-order valence-corrected chi connectivity index (χ3v) is 2.26. The van der Waals surface area contributed by atoms with E-state index in [4.69, 9.17) is 5.73 Å². The first kappa shape index (κ1) is 13.2. The van der Waals surface area contributed by atoms with Crippen LogP contribution in [0.1, 0.15) is 39.0 Å². The summed E-state index contributed by atoms with van der Waals surface area (Å²) in [6.07, 6.45) is 5.89. The van der Waals surface area contributed by atoms with E-state index in [1.807, 2.05) is 19.0 Å². The molecule has 0 heterocycles. The highest BCUT2D eigenvalue weighted by molar-refractivity contribution is 5.71. The van der Waals surface area contributed by atoms with Gasteiger partial charge in [0.2, 0.25) is 0 Å². The van der Waals surface area contributed by atoms with Crippen LogP contribution in [-0.2, 0) is 0 Å². The Balaban J connectivity index is 3.68. The summed E-state index contributed by atoms with van der Waals surface area (Å²) in [4.78, 5) is 12.7. The molecule has 0 aromatic rings. The maximum atomic E-state index is 10.7. The van der Waals surface area contributed by atoms with Gasteiger partial charge in [-0.1, -0.05) is 32.6 Å². The number of rotatable bonds is 7. The van der Waals surface area contributed by atoms with E-state index in [0.29, 0.717) is 0 Å². The number of primary amides is 1. The molecule has 0 spiro atoms. The van der Waals surface area contributed by atoms with Gasteiger partial charge in [0.15, 0.2) is 0 Å². The number of carbonyl (C=O) groups excluding carboxylic acids is 1.